The molecule has 0 saturated heterocycles. The molecule has 0 amide bonds. The molecule has 1 aliphatic rings. The standard InChI is InChI=1S/C24H19N5O/c1-15-20-12-19(5-7-23(20)28-14-27-15)25-10-9-17-3-6-22(26-13-17)18-4-8-24-21(11-18)16(2)29-30-24/h3-12,14H,13H2,1-2H3/b17-9-,25-10+. The minimum atomic E-state index is 0.614. The molecule has 0 atom stereocenters. The molecule has 2 aromatic carbocycles. The molecule has 3 heterocycles. The van der Waals surface area contributed by atoms with Crippen molar-refractivity contribution in [3.63, 3.8) is 0 Å². The molecule has 0 N–H and O–H groups in total. The number of nitrogens with zero attached hydrogens (tertiary/aromatic N) is 5. The van der Waals surface area contributed by atoms with Crippen LogP contribution in [0.4, 0.5) is 5.69 Å². The third-order valence-electron chi connectivity index (χ3n) is 5.16. The van der Waals surface area contributed by atoms with E-state index in [1.54, 1.807) is 6.33 Å². The van der Waals surface area contributed by atoms with Crippen molar-refractivity contribution in [3.05, 3.63) is 83.5 Å². The molecule has 6 nitrogen and oxygen atoms in total. The van der Waals surface area contributed by atoms with Crippen molar-refractivity contribution in [2.75, 3.05) is 6.54 Å². The number of aromatic nitrogens is 3. The van der Waals surface area contributed by atoms with Crippen LogP contribution in [-0.4, -0.2) is 33.6 Å². The maximum atomic E-state index is 5.28. The lowest BCUT2D eigenvalue weighted by molar-refractivity contribution is 0.450. The van der Waals surface area contributed by atoms with Crippen LogP contribution in [0.1, 0.15) is 17.0 Å². The van der Waals surface area contributed by atoms with Gasteiger partial charge in [0.15, 0.2) is 5.58 Å². The number of hydrogen-bond donors (Lipinski definition) is 0. The van der Waals surface area contributed by atoms with E-state index >= 15 is 0 Å². The Hall–Kier alpha value is -3.93. The zero-order valence-corrected chi connectivity index (χ0v) is 16.7. The number of rotatable bonds is 3. The van der Waals surface area contributed by atoms with Gasteiger partial charge in [0, 0.05) is 28.2 Å². The molecular weight excluding hydrogens is 374 g/mol. The third kappa shape index (κ3) is 3.43. The van der Waals surface area contributed by atoms with Crippen molar-refractivity contribution in [1.82, 2.24) is 15.1 Å². The lowest BCUT2D eigenvalue weighted by atomic mass is 10.0. The van der Waals surface area contributed by atoms with Crippen molar-refractivity contribution in [2.24, 2.45) is 9.98 Å². The molecule has 2 aromatic heterocycles. The van der Waals surface area contributed by atoms with Gasteiger partial charge in [-0.25, -0.2) is 9.97 Å². The average Bonchev–Trinajstić information content (AvgIpc) is 3.15. The van der Waals surface area contributed by atoms with Crippen LogP contribution < -0.4 is 0 Å². The van der Waals surface area contributed by atoms with E-state index in [9.17, 15) is 0 Å². The molecule has 30 heavy (non-hydrogen) atoms. The fourth-order valence-electron chi connectivity index (χ4n) is 3.46. The Kier molecular flexibility index (Phi) is 4.52. The first-order valence-electron chi connectivity index (χ1n) is 9.71. The van der Waals surface area contributed by atoms with E-state index in [0.717, 1.165) is 55.8 Å². The Labute approximate surface area is 173 Å². The van der Waals surface area contributed by atoms with Gasteiger partial charge in [0.25, 0.3) is 0 Å². The maximum absolute atomic E-state index is 5.28. The van der Waals surface area contributed by atoms with E-state index in [-0.39, 0.29) is 0 Å². The summed E-state index contributed by atoms with van der Waals surface area (Å²) in [6.07, 6.45) is 9.50. The van der Waals surface area contributed by atoms with E-state index in [1.807, 2.05) is 62.5 Å². The monoisotopic (exact) mass is 393 g/mol. The van der Waals surface area contributed by atoms with Gasteiger partial charge in [0.1, 0.15) is 6.33 Å². The summed E-state index contributed by atoms with van der Waals surface area (Å²) in [6, 6.07) is 12.0. The van der Waals surface area contributed by atoms with Gasteiger partial charge >= 0.3 is 0 Å². The van der Waals surface area contributed by atoms with Crippen molar-refractivity contribution in [1.29, 1.82) is 0 Å². The van der Waals surface area contributed by atoms with E-state index in [0.29, 0.717) is 6.54 Å². The van der Waals surface area contributed by atoms with Crippen LogP contribution in [0.5, 0.6) is 0 Å². The second-order valence-corrected chi connectivity index (χ2v) is 7.19. The number of fused-ring (bicyclic) bond motifs is 2. The van der Waals surface area contributed by atoms with Crippen LogP contribution in [0.3, 0.4) is 0 Å². The summed E-state index contributed by atoms with van der Waals surface area (Å²) in [7, 11) is 0. The zero-order valence-electron chi connectivity index (χ0n) is 16.7. The Bertz CT molecular complexity index is 1390. The van der Waals surface area contributed by atoms with Gasteiger partial charge in [0.05, 0.1) is 29.2 Å². The Morgan fingerprint density at radius 3 is 2.77 bits per heavy atom. The summed E-state index contributed by atoms with van der Waals surface area (Å²) in [5.41, 5.74) is 7.55. The minimum Gasteiger partial charge on any atom is -0.356 e. The average molecular weight is 393 g/mol. The molecule has 4 aromatic rings. The van der Waals surface area contributed by atoms with E-state index < -0.39 is 0 Å². The lowest BCUT2D eigenvalue weighted by Gasteiger charge is -2.08. The lowest BCUT2D eigenvalue weighted by Crippen LogP contribution is -2.04. The van der Waals surface area contributed by atoms with Gasteiger partial charge in [-0.15, -0.1) is 0 Å². The number of dihydropyridines is 1. The number of benzene rings is 2. The van der Waals surface area contributed by atoms with E-state index in [2.05, 4.69) is 32.3 Å². The van der Waals surface area contributed by atoms with Gasteiger partial charge in [-0.2, -0.15) is 0 Å². The molecule has 0 bridgehead atoms. The molecule has 0 aliphatic carbocycles. The summed E-state index contributed by atoms with van der Waals surface area (Å²) < 4.78 is 5.28. The minimum absolute atomic E-state index is 0.614. The Morgan fingerprint density at radius 2 is 1.90 bits per heavy atom. The maximum Gasteiger partial charge on any atom is 0.167 e. The first-order chi connectivity index (χ1) is 14.7. The summed E-state index contributed by atoms with van der Waals surface area (Å²) in [4.78, 5) is 17.8. The second kappa shape index (κ2) is 7.48. The molecule has 0 spiro atoms. The Balaban J connectivity index is 1.32. The van der Waals surface area contributed by atoms with Crippen molar-refractivity contribution in [2.45, 2.75) is 13.8 Å². The number of aliphatic imine (C=N–C) groups is 2. The molecule has 6 heteroatoms. The smallest absolute Gasteiger partial charge is 0.167 e. The summed E-state index contributed by atoms with van der Waals surface area (Å²) in [6.45, 7) is 4.53. The highest BCUT2D eigenvalue weighted by molar-refractivity contribution is 6.11. The van der Waals surface area contributed by atoms with E-state index in [1.165, 1.54) is 0 Å². The normalized spacial score (nSPS) is 15.5. The van der Waals surface area contributed by atoms with Crippen LogP contribution >= 0.6 is 0 Å². The Morgan fingerprint density at radius 1 is 0.967 bits per heavy atom. The van der Waals surface area contributed by atoms with Crippen LogP contribution in [0.2, 0.25) is 0 Å². The zero-order chi connectivity index (χ0) is 20.5. The fraction of sp³-hybridized carbons (Fsp3) is 0.125. The molecule has 0 radical (unpaired) electrons. The van der Waals surface area contributed by atoms with Gasteiger partial charge < -0.3 is 4.52 Å². The largest absolute Gasteiger partial charge is 0.356 e. The molecule has 0 saturated carbocycles. The molecular formula is C24H19N5O. The topological polar surface area (TPSA) is 76.5 Å². The first kappa shape index (κ1) is 18.1. The quantitative estimate of drug-likeness (QED) is 0.455. The van der Waals surface area contributed by atoms with Crippen molar-refractivity contribution >= 4 is 39.5 Å². The molecule has 1 aliphatic heterocycles. The van der Waals surface area contributed by atoms with Crippen LogP contribution in [0, 0.1) is 13.8 Å². The van der Waals surface area contributed by atoms with Crippen LogP contribution in [0.15, 0.2) is 81.0 Å². The van der Waals surface area contributed by atoms with Gasteiger partial charge in [-0.1, -0.05) is 11.2 Å². The fourth-order valence-corrected chi connectivity index (χ4v) is 3.46. The van der Waals surface area contributed by atoms with Crippen molar-refractivity contribution < 1.29 is 4.52 Å². The highest BCUT2D eigenvalue weighted by atomic mass is 16.5. The molecule has 0 unspecified atom stereocenters. The van der Waals surface area contributed by atoms with Crippen LogP contribution in [-0.2, 0) is 0 Å². The van der Waals surface area contributed by atoms with Crippen molar-refractivity contribution in [3.8, 4) is 0 Å². The second-order valence-electron chi connectivity index (χ2n) is 7.19. The summed E-state index contributed by atoms with van der Waals surface area (Å²) >= 11 is 0. The summed E-state index contributed by atoms with van der Waals surface area (Å²) in [5.74, 6) is 0. The number of hydrogen-bond acceptors (Lipinski definition) is 6. The highest BCUT2D eigenvalue weighted by Gasteiger charge is 2.09. The SMILES string of the molecule is Cc1ncnc2ccc(/N=C/C=C3/C=CC(c4ccc5onc(C)c5c4)=NC3)cc12. The van der Waals surface area contributed by atoms with Gasteiger partial charge in [0.2, 0.25) is 0 Å². The summed E-state index contributed by atoms with van der Waals surface area (Å²) in [5, 5.41) is 6.05. The van der Waals surface area contributed by atoms with Gasteiger partial charge in [-0.05, 0) is 68.0 Å². The predicted molar refractivity (Wildman–Crippen MR) is 120 cm³/mol. The highest BCUT2D eigenvalue weighted by Crippen LogP contribution is 2.22. The third-order valence-corrected chi connectivity index (χ3v) is 5.16. The van der Waals surface area contributed by atoms with Crippen LogP contribution in [0.25, 0.3) is 21.9 Å². The molecule has 0 fully saturated rings. The number of allylic oxidation sites excluding steroid dienone is 2. The first-order valence-corrected chi connectivity index (χ1v) is 9.71. The number of aryl methyl sites for hydroxylation is 2. The van der Waals surface area contributed by atoms with Gasteiger partial charge in [-0.3, -0.25) is 9.98 Å². The predicted octanol–water partition coefficient (Wildman–Crippen LogP) is 5.08. The van der Waals surface area contributed by atoms with E-state index in [4.69, 9.17) is 9.52 Å². The molecule has 5 rings (SSSR count). The molecule has 146 valence electrons.